The number of alkyl halides is 3. The molecule has 25 heavy (non-hydrogen) atoms. The number of esters is 1. The molecule has 1 heterocycles. The number of nitrogens with one attached hydrogen (secondary N) is 2. The molecule has 0 bridgehead atoms. The molecule has 0 fully saturated rings. The molecule has 0 saturated carbocycles. The summed E-state index contributed by atoms with van der Waals surface area (Å²) >= 11 is 0. The highest BCUT2D eigenvalue weighted by Crippen LogP contribution is 2.33. The van der Waals surface area contributed by atoms with Crippen molar-refractivity contribution in [1.82, 2.24) is 15.3 Å². The lowest BCUT2D eigenvalue weighted by Crippen LogP contribution is -2.36. The average molecular weight is 363 g/mol. The van der Waals surface area contributed by atoms with Gasteiger partial charge in [0.15, 0.2) is 0 Å². The highest BCUT2D eigenvalue weighted by molar-refractivity contribution is 5.72. The van der Waals surface area contributed by atoms with E-state index in [1.54, 1.807) is 20.8 Å². The zero-order valence-electron chi connectivity index (χ0n) is 14.7. The van der Waals surface area contributed by atoms with Gasteiger partial charge in [0.05, 0.1) is 6.54 Å². The maximum atomic E-state index is 12.9. The average Bonchev–Trinajstić information content (AvgIpc) is 2.42. The van der Waals surface area contributed by atoms with Crippen LogP contribution in [0.25, 0.3) is 0 Å². The number of rotatable bonds is 7. The largest absolute Gasteiger partial charge is 0.459 e. The zero-order valence-corrected chi connectivity index (χ0v) is 14.7. The van der Waals surface area contributed by atoms with Crippen molar-refractivity contribution in [2.75, 3.05) is 24.1 Å². The van der Waals surface area contributed by atoms with Crippen LogP contribution in [0, 0.1) is 0 Å². The highest BCUT2D eigenvalue weighted by atomic mass is 19.4. The van der Waals surface area contributed by atoms with E-state index in [0.29, 0.717) is 12.6 Å². The monoisotopic (exact) mass is 363 g/mol. The van der Waals surface area contributed by atoms with E-state index in [4.69, 9.17) is 10.5 Å². The van der Waals surface area contributed by atoms with Crippen LogP contribution >= 0.6 is 0 Å². The van der Waals surface area contributed by atoms with E-state index in [0.717, 1.165) is 0 Å². The number of nitrogen functional groups attached to an aromatic ring is 1. The Hall–Kier alpha value is -2.10. The first kappa shape index (κ1) is 20.9. The van der Waals surface area contributed by atoms with Crippen LogP contribution in [-0.4, -0.2) is 40.7 Å². The van der Waals surface area contributed by atoms with Crippen molar-refractivity contribution in [2.45, 2.75) is 51.9 Å². The molecular formula is C15H24F3N5O2. The standard InChI is InChI=1S/C15H24F3N5O2/c1-9(21-8-11(24)25-14(2,3)4)5-6-20-12-10(15(16,17)18)7-22-13(19)23-12/h7,9,21H,5-6,8H2,1-4H3,(H3,19,20,22,23). The van der Waals surface area contributed by atoms with Gasteiger partial charge in [-0.15, -0.1) is 0 Å². The molecule has 1 unspecified atom stereocenters. The molecule has 0 aliphatic rings. The van der Waals surface area contributed by atoms with Crippen LogP contribution < -0.4 is 16.4 Å². The number of carbonyl (C=O) groups is 1. The number of nitrogens with zero attached hydrogens (tertiary/aromatic N) is 2. The molecular weight excluding hydrogens is 339 g/mol. The summed E-state index contributed by atoms with van der Waals surface area (Å²) in [4.78, 5) is 18.6. The maximum absolute atomic E-state index is 12.9. The molecule has 1 aromatic rings. The van der Waals surface area contributed by atoms with Crippen LogP contribution in [0.1, 0.15) is 39.7 Å². The minimum absolute atomic E-state index is 0.0205. The van der Waals surface area contributed by atoms with Crippen molar-refractivity contribution in [1.29, 1.82) is 0 Å². The Labute approximate surface area is 144 Å². The Morgan fingerprint density at radius 1 is 1.36 bits per heavy atom. The summed E-state index contributed by atoms with van der Waals surface area (Å²) in [6.07, 6.45) is -3.46. The van der Waals surface area contributed by atoms with E-state index < -0.39 is 23.3 Å². The topological polar surface area (TPSA) is 102 Å². The third kappa shape index (κ3) is 8.01. The molecule has 1 aromatic heterocycles. The van der Waals surface area contributed by atoms with Gasteiger partial charge in [0.2, 0.25) is 5.95 Å². The van der Waals surface area contributed by atoms with Crippen molar-refractivity contribution in [3.05, 3.63) is 11.8 Å². The fourth-order valence-electron chi connectivity index (χ4n) is 1.88. The molecule has 7 nitrogen and oxygen atoms in total. The zero-order chi connectivity index (χ0) is 19.3. The lowest BCUT2D eigenvalue weighted by molar-refractivity contribution is -0.153. The number of halogens is 3. The normalized spacial score (nSPS) is 13.4. The molecule has 10 heteroatoms. The molecule has 142 valence electrons. The molecule has 1 rings (SSSR count). The van der Waals surface area contributed by atoms with Crippen molar-refractivity contribution in [2.24, 2.45) is 0 Å². The summed E-state index contributed by atoms with van der Waals surface area (Å²) in [5, 5.41) is 5.56. The van der Waals surface area contributed by atoms with Crippen molar-refractivity contribution < 1.29 is 22.7 Å². The molecule has 0 aromatic carbocycles. The predicted molar refractivity (Wildman–Crippen MR) is 87.9 cm³/mol. The van der Waals surface area contributed by atoms with E-state index in [-0.39, 0.29) is 30.9 Å². The summed E-state index contributed by atoms with van der Waals surface area (Å²) in [6, 6.07) is -0.117. The summed E-state index contributed by atoms with van der Waals surface area (Å²) < 4.78 is 43.8. The highest BCUT2D eigenvalue weighted by Gasteiger charge is 2.35. The third-order valence-electron chi connectivity index (χ3n) is 3.00. The van der Waals surface area contributed by atoms with Gasteiger partial charge < -0.3 is 21.1 Å². The molecule has 0 spiro atoms. The van der Waals surface area contributed by atoms with Gasteiger partial charge >= 0.3 is 12.1 Å². The molecule has 0 aliphatic carbocycles. The number of hydrogen-bond donors (Lipinski definition) is 3. The van der Waals surface area contributed by atoms with Gasteiger partial charge in [-0.05, 0) is 34.1 Å². The van der Waals surface area contributed by atoms with Crippen LogP contribution in [0.4, 0.5) is 24.9 Å². The second-order valence-corrected chi connectivity index (χ2v) is 6.57. The smallest absolute Gasteiger partial charge is 0.421 e. The minimum Gasteiger partial charge on any atom is -0.459 e. The number of aromatic nitrogens is 2. The van der Waals surface area contributed by atoms with Crippen LogP contribution in [0.3, 0.4) is 0 Å². The number of ether oxygens (including phenoxy) is 1. The van der Waals surface area contributed by atoms with Crippen molar-refractivity contribution >= 4 is 17.7 Å². The van der Waals surface area contributed by atoms with Gasteiger partial charge in [0.1, 0.15) is 17.0 Å². The Kier molecular flexibility index (Phi) is 6.97. The van der Waals surface area contributed by atoms with Gasteiger partial charge in [-0.2, -0.15) is 18.2 Å². The van der Waals surface area contributed by atoms with Crippen LogP contribution in [0.5, 0.6) is 0 Å². The van der Waals surface area contributed by atoms with Crippen LogP contribution in [0.2, 0.25) is 0 Å². The van der Waals surface area contributed by atoms with Gasteiger partial charge in [-0.25, -0.2) is 4.98 Å². The third-order valence-corrected chi connectivity index (χ3v) is 3.00. The lowest BCUT2D eigenvalue weighted by Gasteiger charge is -2.21. The van der Waals surface area contributed by atoms with Gasteiger partial charge in [0, 0.05) is 18.8 Å². The fraction of sp³-hybridized carbons (Fsp3) is 0.667. The molecule has 1 atom stereocenters. The van der Waals surface area contributed by atoms with Crippen LogP contribution in [-0.2, 0) is 15.7 Å². The van der Waals surface area contributed by atoms with Gasteiger partial charge in [-0.3, -0.25) is 4.79 Å². The first-order valence-electron chi connectivity index (χ1n) is 7.77. The Morgan fingerprint density at radius 2 is 2.00 bits per heavy atom. The second kappa shape index (κ2) is 8.32. The summed E-state index contributed by atoms with van der Waals surface area (Å²) in [5.74, 6) is -0.999. The van der Waals surface area contributed by atoms with E-state index in [1.807, 2.05) is 6.92 Å². The first-order valence-corrected chi connectivity index (χ1v) is 7.77. The van der Waals surface area contributed by atoms with E-state index in [9.17, 15) is 18.0 Å². The molecule has 0 saturated heterocycles. The lowest BCUT2D eigenvalue weighted by atomic mass is 10.2. The van der Waals surface area contributed by atoms with Crippen LogP contribution in [0.15, 0.2) is 6.20 Å². The number of hydrogen-bond acceptors (Lipinski definition) is 7. The quantitative estimate of drug-likeness (QED) is 0.638. The van der Waals surface area contributed by atoms with Gasteiger partial charge in [-0.1, -0.05) is 0 Å². The summed E-state index contributed by atoms with van der Waals surface area (Å²) in [5.41, 5.74) is 3.80. The molecule has 4 N–H and O–H groups in total. The fourth-order valence-corrected chi connectivity index (χ4v) is 1.88. The minimum atomic E-state index is -4.57. The first-order chi connectivity index (χ1) is 11.4. The van der Waals surface area contributed by atoms with E-state index in [2.05, 4.69) is 20.6 Å². The van der Waals surface area contributed by atoms with Crippen molar-refractivity contribution in [3.63, 3.8) is 0 Å². The maximum Gasteiger partial charge on any atom is 0.421 e. The summed E-state index contributed by atoms with van der Waals surface area (Å²) in [6.45, 7) is 7.34. The van der Waals surface area contributed by atoms with Gasteiger partial charge in [0.25, 0.3) is 0 Å². The molecule has 0 aliphatic heterocycles. The Morgan fingerprint density at radius 3 is 2.56 bits per heavy atom. The molecule has 0 radical (unpaired) electrons. The SMILES string of the molecule is CC(CCNc1nc(N)ncc1C(F)(F)F)NCC(=O)OC(C)(C)C. The Bertz CT molecular complexity index is 588. The predicted octanol–water partition coefficient (Wildman–Crippen LogP) is 2.20. The number of carbonyl (C=O) groups excluding carboxylic acids is 1. The summed E-state index contributed by atoms with van der Waals surface area (Å²) in [7, 11) is 0. The Balaban J connectivity index is 2.47. The van der Waals surface area contributed by atoms with E-state index in [1.165, 1.54) is 0 Å². The second-order valence-electron chi connectivity index (χ2n) is 6.57. The number of nitrogens with two attached hydrogens (primary N) is 1. The number of anilines is 2. The molecule has 0 amide bonds. The van der Waals surface area contributed by atoms with E-state index >= 15 is 0 Å². The van der Waals surface area contributed by atoms with Crippen molar-refractivity contribution in [3.8, 4) is 0 Å².